The molecule has 220 valence electrons. The third kappa shape index (κ3) is 6.18. The average Bonchev–Trinajstić information content (AvgIpc) is 3.25. The molecule has 2 heterocycles. The van der Waals surface area contributed by atoms with Gasteiger partial charge in [-0.15, -0.1) is 11.3 Å². The van der Waals surface area contributed by atoms with Gasteiger partial charge >= 0.3 is 11.7 Å². The normalized spacial score (nSPS) is 13.2. The monoisotopic (exact) mass is 588 g/mol. The van der Waals surface area contributed by atoms with E-state index in [4.69, 9.17) is 9.47 Å². The molecular formula is C28H33FN4O7S. The maximum Gasteiger partial charge on any atom is 0.346 e. The Balaban J connectivity index is 2.39. The molecule has 0 saturated heterocycles. The molecule has 11 nitrogen and oxygen atoms in total. The first-order valence-corrected chi connectivity index (χ1v) is 13.7. The van der Waals surface area contributed by atoms with Gasteiger partial charge in [0, 0.05) is 11.6 Å². The summed E-state index contributed by atoms with van der Waals surface area (Å²) >= 11 is 0.741. The number of fused-ring (bicyclic) bond motifs is 1. The Labute approximate surface area is 239 Å². The van der Waals surface area contributed by atoms with E-state index in [1.807, 2.05) is 0 Å². The van der Waals surface area contributed by atoms with Crippen molar-refractivity contribution in [1.82, 2.24) is 14.5 Å². The van der Waals surface area contributed by atoms with Gasteiger partial charge in [0.1, 0.15) is 32.9 Å². The molecule has 41 heavy (non-hydrogen) atoms. The van der Waals surface area contributed by atoms with Crippen LogP contribution >= 0.6 is 11.3 Å². The Bertz CT molecular complexity index is 1650. The number of hydrogen-bond acceptors (Lipinski definition) is 8. The van der Waals surface area contributed by atoms with Gasteiger partial charge in [0.15, 0.2) is 0 Å². The van der Waals surface area contributed by atoms with Crippen LogP contribution in [0.25, 0.3) is 10.2 Å². The van der Waals surface area contributed by atoms with Gasteiger partial charge in [0.05, 0.1) is 37.6 Å². The third-order valence-corrected chi connectivity index (χ3v) is 7.90. The topological polar surface area (TPSA) is 153 Å². The van der Waals surface area contributed by atoms with E-state index in [0.717, 1.165) is 20.5 Å². The number of methoxy groups -OCH3 is 1. The van der Waals surface area contributed by atoms with Crippen LogP contribution in [0, 0.1) is 30.0 Å². The van der Waals surface area contributed by atoms with Crippen molar-refractivity contribution in [3.63, 3.8) is 0 Å². The molecule has 0 spiro atoms. The van der Waals surface area contributed by atoms with Gasteiger partial charge < -0.3 is 19.9 Å². The molecule has 0 aliphatic rings. The lowest BCUT2D eigenvalue weighted by Gasteiger charge is -2.28. The van der Waals surface area contributed by atoms with E-state index in [1.54, 1.807) is 20.8 Å². The maximum absolute atomic E-state index is 14.4. The van der Waals surface area contributed by atoms with Crippen LogP contribution in [-0.2, 0) is 21.6 Å². The molecule has 0 unspecified atom stereocenters. The molecule has 0 bridgehead atoms. The predicted octanol–water partition coefficient (Wildman–Crippen LogP) is 3.56. The number of aromatic nitrogens is 2. The van der Waals surface area contributed by atoms with Crippen molar-refractivity contribution in [3.05, 3.63) is 60.9 Å². The second-order valence-corrected chi connectivity index (χ2v) is 11.5. The Kier molecular flexibility index (Phi) is 9.40. The van der Waals surface area contributed by atoms with Crippen molar-refractivity contribution in [1.29, 1.82) is 5.26 Å². The van der Waals surface area contributed by atoms with E-state index >= 15 is 0 Å². The molecule has 3 aromatic rings. The Morgan fingerprint density at radius 2 is 1.90 bits per heavy atom. The molecule has 2 N–H and O–H groups in total. The van der Waals surface area contributed by atoms with E-state index < -0.39 is 46.5 Å². The van der Waals surface area contributed by atoms with Crippen LogP contribution in [0.4, 0.5) is 4.39 Å². The van der Waals surface area contributed by atoms with Crippen LogP contribution < -0.4 is 21.3 Å². The summed E-state index contributed by atoms with van der Waals surface area (Å²) in [7, 11) is 1.38. The first-order chi connectivity index (χ1) is 19.1. The number of nitrogens with zero attached hydrogens (tertiary/aromatic N) is 3. The number of hydrogen-bond donors (Lipinski definition) is 2. The fourth-order valence-electron chi connectivity index (χ4n) is 4.41. The number of halogens is 1. The third-order valence-electron chi connectivity index (χ3n) is 6.60. The molecular weight excluding hydrogens is 555 g/mol. The summed E-state index contributed by atoms with van der Waals surface area (Å²) < 4.78 is 27.8. The van der Waals surface area contributed by atoms with Crippen LogP contribution in [0.3, 0.4) is 0 Å². The van der Waals surface area contributed by atoms with Crippen molar-refractivity contribution in [2.45, 2.75) is 65.8 Å². The zero-order chi connectivity index (χ0) is 30.8. The van der Waals surface area contributed by atoms with E-state index in [-0.39, 0.29) is 51.2 Å². The zero-order valence-corrected chi connectivity index (χ0v) is 24.7. The number of amides is 1. The van der Waals surface area contributed by atoms with Crippen molar-refractivity contribution in [2.75, 3.05) is 13.7 Å². The van der Waals surface area contributed by atoms with Crippen molar-refractivity contribution in [2.24, 2.45) is 5.92 Å². The molecule has 2 atom stereocenters. The van der Waals surface area contributed by atoms with Crippen LogP contribution in [0.15, 0.2) is 27.8 Å². The minimum atomic E-state index is -1.67. The highest BCUT2D eigenvalue weighted by Gasteiger charge is 2.36. The standard InChI is InChI=1S/C28H33FN4O7S/c1-14(2)31-26(37)28(5,6)33-23(34)21-16(4)22(25(35)36)41-24(21)32(27(33)38)12-20(40-13-15(3)11-30)18-10-17(29)8-9-19(18)39-7/h8-10,14-15,20H,12-13H2,1-7H3,(H,31,37)(H,35,36)/t15-,20+/m1/s1. The molecule has 13 heteroatoms. The Morgan fingerprint density at radius 1 is 1.24 bits per heavy atom. The van der Waals surface area contributed by atoms with Gasteiger partial charge in [-0.2, -0.15) is 5.26 Å². The fraction of sp³-hybridized carbons (Fsp3) is 0.464. The van der Waals surface area contributed by atoms with Crippen molar-refractivity contribution < 1.29 is 28.6 Å². The molecule has 0 radical (unpaired) electrons. The predicted molar refractivity (Wildman–Crippen MR) is 151 cm³/mol. The number of rotatable bonds is 11. The van der Waals surface area contributed by atoms with Crippen LogP contribution in [0.2, 0.25) is 0 Å². The lowest BCUT2D eigenvalue weighted by molar-refractivity contribution is -0.129. The fourth-order valence-corrected chi connectivity index (χ4v) is 5.55. The first kappa shape index (κ1) is 31.5. The minimum Gasteiger partial charge on any atom is -0.496 e. The Morgan fingerprint density at radius 3 is 2.46 bits per heavy atom. The number of carbonyl (C=O) groups excluding carboxylic acids is 1. The molecule has 2 aromatic heterocycles. The number of benzene rings is 1. The summed E-state index contributed by atoms with van der Waals surface area (Å²) in [6.45, 7) is 9.00. The smallest absolute Gasteiger partial charge is 0.346 e. The molecule has 0 aliphatic heterocycles. The maximum atomic E-state index is 14.4. The zero-order valence-electron chi connectivity index (χ0n) is 23.9. The van der Waals surface area contributed by atoms with Gasteiger partial charge in [-0.1, -0.05) is 0 Å². The highest BCUT2D eigenvalue weighted by Crippen LogP contribution is 2.33. The number of aromatic carboxylic acids is 1. The van der Waals surface area contributed by atoms with E-state index in [1.165, 1.54) is 46.1 Å². The van der Waals surface area contributed by atoms with Gasteiger partial charge in [-0.05, 0) is 65.3 Å². The molecule has 1 aromatic carbocycles. The first-order valence-electron chi connectivity index (χ1n) is 12.8. The van der Waals surface area contributed by atoms with E-state index in [9.17, 15) is 33.9 Å². The number of nitriles is 1. The van der Waals surface area contributed by atoms with Gasteiger partial charge in [0.2, 0.25) is 5.91 Å². The van der Waals surface area contributed by atoms with Crippen LogP contribution in [-0.4, -0.2) is 45.9 Å². The van der Waals surface area contributed by atoms with Gasteiger partial charge in [-0.25, -0.2) is 18.5 Å². The highest BCUT2D eigenvalue weighted by molar-refractivity contribution is 7.20. The number of carboxylic acids is 1. The second-order valence-electron chi connectivity index (χ2n) is 10.5. The number of aryl methyl sites for hydroxylation is 1. The van der Waals surface area contributed by atoms with Gasteiger partial charge in [-0.3, -0.25) is 14.2 Å². The largest absolute Gasteiger partial charge is 0.496 e. The molecule has 0 fully saturated rings. The number of carboxylic acid groups (broad SMARTS) is 1. The lowest BCUT2D eigenvalue weighted by Crippen LogP contribution is -2.56. The SMILES string of the molecule is COc1ccc(F)cc1[C@H](Cn1c(=O)n(C(C)(C)C(=O)NC(C)C)c(=O)c2c(C)c(C(=O)O)sc21)OC[C@H](C)C#N. The summed E-state index contributed by atoms with van der Waals surface area (Å²) in [4.78, 5) is 53.0. The summed E-state index contributed by atoms with van der Waals surface area (Å²) in [5.74, 6) is -2.77. The summed E-state index contributed by atoms with van der Waals surface area (Å²) in [5, 5.41) is 21.8. The highest BCUT2D eigenvalue weighted by atomic mass is 32.1. The molecule has 3 rings (SSSR count). The molecule has 0 saturated carbocycles. The van der Waals surface area contributed by atoms with E-state index in [2.05, 4.69) is 11.4 Å². The minimum absolute atomic E-state index is 0.0345. The molecule has 0 aliphatic carbocycles. The number of thiophene rings is 1. The Hall–Kier alpha value is -4.02. The number of nitrogens with one attached hydrogen (secondary N) is 1. The van der Waals surface area contributed by atoms with Crippen molar-refractivity contribution >= 4 is 33.4 Å². The van der Waals surface area contributed by atoms with Gasteiger partial charge in [0.25, 0.3) is 5.56 Å². The second kappa shape index (κ2) is 12.2. The summed E-state index contributed by atoms with van der Waals surface area (Å²) in [6.07, 6.45) is -1.06. The number of carbonyl (C=O) groups is 2. The lowest BCUT2D eigenvalue weighted by atomic mass is 10.0. The summed E-state index contributed by atoms with van der Waals surface area (Å²) in [5.41, 5.74) is -3.00. The van der Waals surface area contributed by atoms with E-state index in [0.29, 0.717) is 0 Å². The summed E-state index contributed by atoms with van der Waals surface area (Å²) in [6, 6.07) is 5.54. The van der Waals surface area contributed by atoms with Crippen molar-refractivity contribution in [3.8, 4) is 11.8 Å². The quantitative estimate of drug-likeness (QED) is 0.345. The van der Waals surface area contributed by atoms with Crippen LogP contribution in [0.1, 0.15) is 61.5 Å². The number of ether oxygens (including phenoxy) is 2. The van der Waals surface area contributed by atoms with Crippen LogP contribution in [0.5, 0.6) is 5.75 Å². The average molecular weight is 589 g/mol. The molecule has 1 amide bonds.